The SMILES string of the molecule is COc1ccc(CNCc2ccccc2OCc2c(F)cccc2Cl)cc1. The summed E-state index contributed by atoms with van der Waals surface area (Å²) in [5.74, 6) is 1.18. The van der Waals surface area contributed by atoms with Crippen molar-refractivity contribution in [2.24, 2.45) is 0 Å². The Labute approximate surface area is 163 Å². The lowest BCUT2D eigenvalue weighted by Crippen LogP contribution is -2.13. The summed E-state index contributed by atoms with van der Waals surface area (Å²) in [5, 5.41) is 3.76. The van der Waals surface area contributed by atoms with Gasteiger partial charge in [0.1, 0.15) is 23.9 Å². The largest absolute Gasteiger partial charge is 0.497 e. The number of benzene rings is 3. The summed E-state index contributed by atoms with van der Waals surface area (Å²) in [5.41, 5.74) is 2.52. The standard InChI is InChI=1S/C22H21ClFNO2/c1-26-18-11-9-16(10-12-18)13-25-14-17-5-2-3-8-22(17)27-15-19-20(23)6-4-7-21(19)24/h2-12,25H,13-15H2,1H3. The molecule has 0 amide bonds. The van der Waals surface area contributed by atoms with Crippen LogP contribution in [0.1, 0.15) is 16.7 Å². The Morgan fingerprint density at radius 3 is 2.44 bits per heavy atom. The van der Waals surface area contributed by atoms with Gasteiger partial charge in [-0.25, -0.2) is 4.39 Å². The van der Waals surface area contributed by atoms with E-state index < -0.39 is 0 Å². The van der Waals surface area contributed by atoms with Gasteiger partial charge in [0.15, 0.2) is 0 Å². The summed E-state index contributed by atoms with van der Waals surface area (Å²) >= 11 is 6.07. The van der Waals surface area contributed by atoms with Crippen LogP contribution in [0.2, 0.25) is 5.02 Å². The van der Waals surface area contributed by atoms with Gasteiger partial charge in [0.05, 0.1) is 12.1 Å². The second kappa shape index (κ2) is 9.40. The van der Waals surface area contributed by atoms with E-state index in [2.05, 4.69) is 5.32 Å². The lowest BCUT2D eigenvalue weighted by molar-refractivity contribution is 0.296. The molecule has 3 aromatic rings. The highest BCUT2D eigenvalue weighted by Gasteiger charge is 2.09. The predicted octanol–water partition coefficient (Wildman–Crippen LogP) is 5.36. The van der Waals surface area contributed by atoms with E-state index in [1.54, 1.807) is 19.2 Å². The minimum Gasteiger partial charge on any atom is -0.497 e. The smallest absolute Gasteiger partial charge is 0.131 e. The first-order valence-electron chi connectivity index (χ1n) is 8.64. The molecule has 0 spiro atoms. The molecule has 0 radical (unpaired) electrons. The molecule has 0 bridgehead atoms. The Kier molecular flexibility index (Phi) is 6.69. The molecule has 0 aliphatic heterocycles. The summed E-state index contributed by atoms with van der Waals surface area (Å²) in [4.78, 5) is 0. The molecule has 0 saturated carbocycles. The lowest BCUT2D eigenvalue weighted by Gasteiger charge is -2.13. The van der Waals surface area contributed by atoms with Crippen molar-refractivity contribution in [2.75, 3.05) is 7.11 Å². The van der Waals surface area contributed by atoms with Crippen molar-refractivity contribution < 1.29 is 13.9 Å². The van der Waals surface area contributed by atoms with E-state index >= 15 is 0 Å². The van der Waals surface area contributed by atoms with Crippen molar-refractivity contribution in [2.45, 2.75) is 19.7 Å². The minimum absolute atomic E-state index is 0.0843. The molecule has 0 fully saturated rings. The summed E-state index contributed by atoms with van der Waals surface area (Å²) in [6.45, 7) is 1.44. The Bertz CT molecular complexity index is 863. The number of hydrogen-bond donors (Lipinski definition) is 1. The summed E-state index contributed by atoms with van der Waals surface area (Å²) in [6.07, 6.45) is 0. The Hall–Kier alpha value is -2.56. The average Bonchev–Trinajstić information content (AvgIpc) is 2.69. The van der Waals surface area contributed by atoms with Gasteiger partial charge in [-0.2, -0.15) is 0 Å². The van der Waals surface area contributed by atoms with Crippen LogP contribution in [0.15, 0.2) is 66.7 Å². The average molecular weight is 386 g/mol. The highest BCUT2D eigenvalue weighted by atomic mass is 35.5. The van der Waals surface area contributed by atoms with Gasteiger partial charge in [0.25, 0.3) is 0 Å². The van der Waals surface area contributed by atoms with Crippen molar-refractivity contribution in [3.05, 3.63) is 94.3 Å². The van der Waals surface area contributed by atoms with Gasteiger partial charge in [0.2, 0.25) is 0 Å². The quantitative estimate of drug-likeness (QED) is 0.566. The molecule has 0 aliphatic carbocycles. The van der Waals surface area contributed by atoms with E-state index in [1.807, 2.05) is 48.5 Å². The van der Waals surface area contributed by atoms with Crippen molar-refractivity contribution >= 4 is 11.6 Å². The summed E-state index contributed by atoms with van der Waals surface area (Å²) < 4.78 is 24.9. The van der Waals surface area contributed by atoms with E-state index in [1.165, 1.54) is 6.07 Å². The van der Waals surface area contributed by atoms with Crippen molar-refractivity contribution in [1.82, 2.24) is 5.32 Å². The molecule has 140 valence electrons. The molecule has 1 N–H and O–H groups in total. The van der Waals surface area contributed by atoms with Crippen LogP contribution in [0.3, 0.4) is 0 Å². The third kappa shape index (κ3) is 5.22. The third-order valence-corrected chi connectivity index (χ3v) is 4.56. The number of halogens is 2. The molecule has 5 heteroatoms. The van der Waals surface area contributed by atoms with Gasteiger partial charge in [0, 0.05) is 24.2 Å². The van der Waals surface area contributed by atoms with E-state index in [4.69, 9.17) is 21.1 Å². The van der Waals surface area contributed by atoms with Gasteiger partial charge >= 0.3 is 0 Å². The second-order valence-electron chi connectivity index (χ2n) is 6.05. The van der Waals surface area contributed by atoms with Crippen LogP contribution >= 0.6 is 11.6 Å². The van der Waals surface area contributed by atoms with Crippen LogP contribution in [0.4, 0.5) is 4.39 Å². The number of nitrogens with one attached hydrogen (secondary N) is 1. The van der Waals surface area contributed by atoms with E-state index in [0.717, 1.165) is 23.4 Å². The van der Waals surface area contributed by atoms with Gasteiger partial charge in [-0.15, -0.1) is 0 Å². The fourth-order valence-corrected chi connectivity index (χ4v) is 2.91. The number of rotatable bonds is 8. The van der Waals surface area contributed by atoms with Crippen LogP contribution in [0, 0.1) is 5.82 Å². The maximum atomic E-state index is 13.9. The maximum Gasteiger partial charge on any atom is 0.131 e. The normalized spacial score (nSPS) is 10.6. The van der Waals surface area contributed by atoms with Crippen LogP contribution < -0.4 is 14.8 Å². The lowest BCUT2D eigenvalue weighted by atomic mass is 10.1. The number of hydrogen-bond acceptors (Lipinski definition) is 3. The van der Waals surface area contributed by atoms with Crippen molar-refractivity contribution in [3.63, 3.8) is 0 Å². The molecule has 0 aliphatic rings. The summed E-state index contributed by atoms with van der Waals surface area (Å²) in [6, 6.07) is 20.2. The first-order valence-corrected chi connectivity index (χ1v) is 9.02. The molecule has 0 saturated heterocycles. The molecule has 0 heterocycles. The second-order valence-corrected chi connectivity index (χ2v) is 6.46. The highest BCUT2D eigenvalue weighted by Crippen LogP contribution is 2.24. The van der Waals surface area contributed by atoms with E-state index in [9.17, 15) is 4.39 Å². The zero-order chi connectivity index (χ0) is 19.1. The van der Waals surface area contributed by atoms with Gasteiger partial charge in [-0.1, -0.05) is 48.0 Å². The zero-order valence-corrected chi connectivity index (χ0v) is 15.8. The maximum absolute atomic E-state index is 13.9. The Balaban J connectivity index is 1.60. The first-order chi connectivity index (χ1) is 13.2. The fourth-order valence-electron chi connectivity index (χ4n) is 2.70. The zero-order valence-electron chi connectivity index (χ0n) is 15.0. The number of ether oxygens (including phenoxy) is 2. The molecule has 3 rings (SSSR count). The molecule has 0 atom stereocenters. The molecule has 3 nitrogen and oxygen atoms in total. The van der Waals surface area contributed by atoms with Crippen molar-refractivity contribution in [1.29, 1.82) is 0 Å². The Morgan fingerprint density at radius 2 is 1.70 bits per heavy atom. The van der Waals surface area contributed by atoms with E-state index in [0.29, 0.717) is 22.9 Å². The molecule has 0 unspecified atom stereocenters. The third-order valence-electron chi connectivity index (χ3n) is 4.21. The van der Waals surface area contributed by atoms with Crippen LogP contribution in [0.5, 0.6) is 11.5 Å². The van der Waals surface area contributed by atoms with Crippen LogP contribution in [0.25, 0.3) is 0 Å². The monoisotopic (exact) mass is 385 g/mol. The predicted molar refractivity (Wildman–Crippen MR) is 106 cm³/mol. The molecule has 0 aromatic heterocycles. The highest BCUT2D eigenvalue weighted by molar-refractivity contribution is 6.31. The van der Waals surface area contributed by atoms with E-state index in [-0.39, 0.29) is 12.4 Å². The minimum atomic E-state index is -0.363. The first kappa shape index (κ1) is 19.2. The van der Waals surface area contributed by atoms with Gasteiger partial charge in [-0.3, -0.25) is 0 Å². The fraction of sp³-hybridized carbons (Fsp3) is 0.182. The number of para-hydroxylation sites is 1. The topological polar surface area (TPSA) is 30.5 Å². The Morgan fingerprint density at radius 1 is 0.926 bits per heavy atom. The number of methoxy groups -OCH3 is 1. The molecular weight excluding hydrogens is 365 g/mol. The van der Waals surface area contributed by atoms with Crippen molar-refractivity contribution in [3.8, 4) is 11.5 Å². The van der Waals surface area contributed by atoms with Gasteiger partial charge < -0.3 is 14.8 Å². The van der Waals surface area contributed by atoms with Crippen LogP contribution in [-0.2, 0) is 19.7 Å². The summed E-state index contributed by atoms with van der Waals surface area (Å²) in [7, 11) is 1.65. The molecular formula is C22H21ClFNO2. The molecule has 3 aromatic carbocycles. The van der Waals surface area contributed by atoms with Gasteiger partial charge in [-0.05, 0) is 35.9 Å². The van der Waals surface area contributed by atoms with Crippen LogP contribution in [-0.4, -0.2) is 7.11 Å². The molecule has 27 heavy (non-hydrogen) atoms.